The van der Waals surface area contributed by atoms with Crippen LogP contribution in [0.3, 0.4) is 0 Å². The SMILES string of the molecule is N#Cc1ccc(OC(F)(F)F)c(S(=O)(=O)Cl)c1CN. The van der Waals surface area contributed by atoms with E-state index in [0.29, 0.717) is 6.07 Å². The Hall–Kier alpha value is -1.50. The molecule has 10 heteroatoms. The Balaban J connectivity index is 3.63. The molecule has 1 aromatic carbocycles. The van der Waals surface area contributed by atoms with Crippen molar-refractivity contribution in [2.75, 3.05) is 0 Å². The van der Waals surface area contributed by atoms with Crippen molar-refractivity contribution in [2.45, 2.75) is 17.8 Å². The molecular formula is C9H6ClF3N2O3S. The molecule has 0 saturated heterocycles. The van der Waals surface area contributed by atoms with Crippen molar-refractivity contribution in [3.05, 3.63) is 23.3 Å². The van der Waals surface area contributed by atoms with Crippen LogP contribution in [0.5, 0.6) is 5.75 Å². The van der Waals surface area contributed by atoms with Gasteiger partial charge < -0.3 is 10.5 Å². The van der Waals surface area contributed by atoms with Crippen LogP contribution in [0.15, 0.2) is 17.0 Å². The summed E-state index contributed by atoms with van der Waals surface area (Å²) in [6.07, 6.45) is -5.10. The molecule has 0 bridgehead atoms. The highest BCUT2D eigenvalue weighted by atomic mass is 35.7. The molecule has 19 heavy (non-hydrogen) atoms. The van der Waals surface area contributed by atoms with E-state index in [4.69, 9.17) is 21.7 Å². The van der Waals surface area contributed by atoms with E-state index in [0.717, 1.165) is 6.07 Å². The van der Waals surface area contributed by atoms with Gasteiger partial charge in [0.1, 0.15) is 10.6 Å². The van der Waals surface area contributed by atoms with Gasteiger partial charge in [0.25, 0.3) is 9.05 Å². The molecule has 5 nitrogen and oxygen atoms in total. The molecule has 0 spiro atoms. The Bertz CT molecular complexity index is 637. The lowest BCUT2D eigenvalue weighted by Gasteiger charge is -2.15. The maximum atomic E-state index is 12.2. The van der Waals surface area contributed by atoms with Crippen molar-refractivity contribution in [1.82, 2.24) is 0 Å². The van der Waals surface area contributed by atoms with E-state index in [1.807, 2.05) is 0 Å². The van der Waals surface area contributed by atoms with Crippen molar-refractivity contribution in [3.8, 4) is 11.8 Å². The molecule has 0 unspecified atom stereocenters. The maximum Gasteiger partial charge on any atom is 0.573 e. The molecule has 0 aliphatic carbocycles. The van der Waals surface area contributed by atoms with Gasteiger partial charge in [-0.1, -0.05) is 0 Å². The number of hydrogen-bond acceptors (Lipinski definition) is 5. The zero-order valence-corrected chi connectivity index (χ0v) is 10.6. The molecular weight excluding hydrogens is 309 g/mol. The summed E-state index contributed by atoms with van der Waals surface area (Å²) in [5.41, 5.74) is 4.71. The summed E-state index contributed by atoms with van der Waals surface area (Å²) in [6, 6.07) is 3.27. The Morgan fingerprint density at radius 1 is 1.42 bits per heavy atom. The van der Waals surface area contributed by atoms with Crippen molar-refractivity contribution >= 4 is 19.7 Å². The number of halogens is 4. The summed E-state index contributed by atoms with van der Waals surface area (Å²) in [4.78, 5) is -0.951. The molecule has 1 aromatic rings. The molecule has 0 radical (unpaired) electrons. The van der Waals surface area contributed by atoms with E-state index in [1.54, 1.807) is 6.07 Å². The Morgan fingerprint density at radius 3 is 2.37 bits per heavy atom. The number of hydrogen-bond donors (Lipinski definition) is 1. The van der Waals surface area contributed by atoms with E-state index in [-0.39, 0.29) is 11.1 Å². The third-order valence-electron chi connectivity index (χ3n) is 2.02. The monoisotopic (exact) mass is 314 g/mol. The molecule has 1 rings (SSSR count). The van der Waals surface area contributed by atoms with Gasteiger partial charge >= 0.3 is 6.36 Å². The van der Waals surface area contributed by atoms with E-state index in [9.17, 15) is 21.6 Å². The zero-order valence-electron chi connectivity index (χ0n) is 9.03. The highest BCUT2D eigenvalue weighted by molar-refractivity contribution is 8.13. The summed E-state index contributed by atoms with van der Waals surface area (Å²) in [5, 5.41) is 8.76. The third-order valence-corrected chi connectivity index (χ3v) is 3.42. The zero-order chi connectivity index (χ0) is 14.8. The van der Waals surface area contributed by atoms with Gasteiger partial charge in [-0.15, -0.1) is 13.2 Å². The first kappa shape index (κ1) is 15.6. The fourth-order valence-electron chi connectivity index (χ4n) is 1.39. The Morgan fingerprint density at radius 2 is 2.00 bits per heavy atom. The number of nitriles is 1. The number of nitrogens with zero attached hydrogens (tertiary/aromatic N) is 1. The largest absolute Gasteiger partial charge is 0.573 e. The highest BCUT2D eigenvalue weighted by Crippen LogP contribution is 2.35. The predicted molar refractivity (Wildman–Crippen MR) is 58.8 cm³/mol. The molecule has 0 fully saturated rings. The first-order chi connectivity index (χ1) is 8.60. The van der Waals surface area contributed by atoms with Gasteiger partial charge in [-0.3, -0.25) is 0 Å². The molecule has 0 aliphatic rings. The van der Waals surface area contributed by atoms with Gasteiger partial charge in [-0.05, 0) is 12.1 Å². The van der Waals surface area contributed by atoms with E-state index in [1.165, 1.54) is 0 Å². The first-order valence-corrected chi connectivity index (χ1v) is 6.87. The second kappa shape index (κ2) is 5.24. The van der Waals surface area contributed by atoms with Gasteiger partial charge in [-0.25, -0.2) is 8.42 Å². The van der Waals surface area contributed by atoms with Gasteiger partial charge in [0, 0.05) is 22.8 Å². The molecule has 0 aliphatic heterocycles. The van der Waals surface area contributed by atoms with Crippen LogP contribution in [-0.2, 0) is 15.6 Å². The predicted octanol–water partition coefficient (Wildman–Crippen LogP) is 1.84. The molecule has 0 atom stereocenters. The van der Waals surface area contributed by atoms with Gasteiger partial charge in [0.2, 0.25) is 0 Å². The standard InChI is InChI=1S/C9H6ClF3N2O3S/c10-19(16,17)8-6(4-15)5(3-14)1-2-7(8)18-9(11,12)13/h1-2H,4,15H2. The lowest BCUT2D eigenvalue weighted by molar-refractivity contribution is -0.275. The summed E-state index contributed by atoms with van der Waals surface area (Å²) in [5.74, 6) is -1.03. The lowest BCUT2D eigenvalue weighted by atomic mass is 10.1. The van der Waals surface area contributed by atoms with Gasteiger partial charge in [0.15, 0.2) is 0 Å². The van der Waals surface area contributed by atoms with Crippen LogP contribution in [0.25, 0.3) is 0 Å². The summed E-state index contributed by atoms with van der Waals surface area (Å²) in [6.45, 7) is -0.487. The van der Waals surface area contributed by atoms with Crippen molar-refractivity contribution in [1.29, 1.82) is 5.26 Å². The minimum Gasteiger partial charge on any atom is -0.404 e. The summed E-state index contributed by atoms with van der Waals surface area (Å²) >= 11 is 0. The van der Waals surface area contributed by atoms with Crippen LogP contribution in [0.1, 0.15) is 11.1 Å². The fourth-order valence-corrected chi connectivity index (χ4v) is 2.73. The van der Waals surface area contributed by atoms with Crippen LogP contribution >= 0.6 is 10.7 Å². The van der Waals surface area contributed by atoms with E-state index < -0.39 is 32.6 Å². The lowest BCUT2D eigenvalue weighted by Crippen LogP contribution is -2.19. The van der Waals surface area contributed by atoms with E-state index >= 15 is 0 Å². The van der Waals surface area contributed by atoms with Crippen LogP contribution in [0, 0.1) is 11.3 Å². The Labute approximate surface area is 110 Å². The molecule has 0 amide bonds. The Kier molecular flexibility index (Phi) is 4.29. The van der Waals surface area contributed by atoms with Crippen molar-refractivity contribution < 1.29 is 26.3 Å². The van der Waals surface area contributed by atoms with Crippen molar-refractivity contribution in [2.24, 2.45) is 5.73 Å². The summed E-state index contributed by atoms with van der Waals surface area (Å²) in [7, 11) is 0.500. The normalized spacial score (nSPS) is 12.0. The number of benzene rings is 1. The number of ether oxygens (including phenoxy) is 1. The second-order valence-electron chi connectivity index (χ2n) is 3.22. The average Bonchev–Trinajstić information content (AvgIpc) is 2.24. The highest BCUT2D eigenvalue weighted by Gasteiger charge is 2.35. The maximum absolute atomic E-state index is 12.2. The number of rotatable bonds is 3. The van der Waals surface area contributed by atoms with Crippen LogP contribution in [-0.4, -0.2) is 14.8 Å². The van der Waals surface area contributed by atoms with Crippen LogP contribution in [0.4, 0.5) is 13.2 Å². The fraction of sp³-hybridized carbons (Fsp3) is 0.222. The van der Waals surface area contributed by atoms with Gasteiger partial charge in [-0.2, -0.15) is 5.26 Å². The summed E-state index contributed by atoms with van der Waals surface area (Å²) < 4.78 is 62.8. The third kappa shape index (κ3) is 3.73. The minimum atomic E-state index is -5.10. The minimum absolute atomic E-state index is 0.198. The quantitative estimate of drug-likeness (QED) is 0.859. The molecule has 0 heterocycles. The van der Waals surface area contributed by atoms with Crippen LogP contribution in [0.2, 0.25) is 0 Å². The van der Waals surface area contributed by atoms with Gasteiger partial charge in [0.05, 0.1) is 11.6 Å². The molecule has 0 saturated carbocycles. The molecule has 104 valence electrons. The first-order valence-electron chi connectivity index (χ1n) is 4.56. The number of nitrogens with two attached hydrogens (primary N) is 1. The molecule has 2 N–H and O–H groups in total. The van der Waals surface area contributed by atoms with Crippen LogP contribution < -0.4 is 10.5 Å². The topological polar surface area (TPSA) is 93.2 Å². The number of alkyl halides is 3. The second-order valence-corrected chi connectivity index (χ2v) is 5.72. The smallest absolute Gasteiger partial charge is 0.404 e. The molecule has 0 aromatic heterocycles. The van der Waals surface area contributed by atoms with E-state index in [2.05, 4.69) is 4.74 Å². The van der Waals surface area contributed by atoms with Crippen molar-refractivity contribution in [3.63, 3.8) is 0 Å². The average molecular weight is 315 g/mol.